The van der Waals surface area contributed by atoms with Crippen LogP contribution in [0, 0.1) is 0 Å². The molecule has 0 radical (unpaired) electrons. The topological polar surface area (TPSA) is 142 Å². The van der Waals surface area contributed by atoms with Crippen molar-refractivity contribution < 1.29 is 52.8 Å². The molecule has 8 nitrogen and oxygen atoms in total. The molecule has 7 N–H and O–H groups in total. The van der Waals surface area contributed by atoms with Crippen molar-refractivity contribution in [3.63, 3.8) is 0 Å². The van der Waals surface area contributed by atoms with Gasteiger partial charge in [-0.05, 0) is 76.3 Å². The second-order valence-corrected chi connectivity index (χ2v) is 13.0. The summed E-state index contributed by atoms with van der Waals surface area (Å²) in [5.41, 5.74) is 17.2. The average molecular weight is 629 g/mol. The van der Waals surface area contributed by atoms with E-state index in [-0.39, 0.29) is 52.8 Å². The molecular formula is C28H42ClKN8S2. The number of nitrogens with one attached hydrogen (secondary N) is 1. The standard InChI is InChI=1S/C14H20N4S.C8H7ClN2S.C6H14N2.K.H/c1-2-11-7-12-13(16-8-17-14(12)19-11)18-10-5-3-9(15)4-6-10;1-2-5-3-6-7(9)10-4-11-8(6)12-5;7-5-1-2-6(8)4-3-5;;/h7-10H,2-6,15H2,1H3,(H,16,17,18);3-4H,2H2,1H3;5-6H,1-4,7-8H2;;/q;;;+1;-1. The normalized spacial score (nSPS) is 22.4. The Labute approximate surface area is 294 Å². The van der Waals surface area contributed by atoms with Crippen LogP contribution in [0.3, 0.4) is 0 Å². The van der Waals surface area contributed by atoms with Crippen molar-refractivity contribution in [1.82, 2.24) is 19.9 Å². The summed E-state index contributed by atoms with van der Waals surface area (Å²) in [5.74, 6) is 0.987. The molecular weight excluding hydrogens is 587 g/mol. The molecule has 2 fully saturated rings. The maximum absolute atomic E-state index is 5.95. The number of aryl methyl sites for hydroxylation is 2. The summed E-state index contributed by atoms with van der Waals surface area (Å²) in [6.45, 7) is 4.29. The van der Waals surface area contributed by atoms with Gasteiger partial charge in [0, 0.05) is 39.3 Å². The zero-order valence-corrected chi connectivity index (χ0v) is 29.4. The van der Waals surface area contributed by atoms with Gasteiger partial charge in [0.15, 0.2) is 0 Å². The van der Waals surface area contributed by atoms with Crippen LogP contribution in [0.2, 0.25) is 5.15 Å². The van der Waals surface area contributed by atoms with Gasteiger partial charge in [-0.3, -0.25) is 0 Å². The summed E-state index contributed by atoms with van der Waals surface area (Å²) in [5, 5.41) is 6.27. The molecule has 40 heavy (non-hydrogen) atoms. The molecule has 4 aromatic rings. The van der Waals surface area contributed by atoms with Crippen LogP contribution in [0.15, 0.2) is 24.8 Å². The van der Waals surface area contributed by atoms with Gasteiger partial charge < -0.3 is 23.9 Å². The van der Waals surface area contributed by atoms with Crippen LogP contribution >= 0.6 is 34.3 Å². The summed E-state index contributed by atoms with van der Waals surface area (Å²) in [7, 11) is 0. The van der Waals surface area contributed by atoms with E-state index in [1.54, 1.807) is 29.0 Å². The summed E-state index contributed by atoms with van der Waals surface area (Å²) >= 11 is 9.32. The first-order valence-electron chi connectivity index (χ1n) is 14.0. The van der Waals surface area contributed by atoms with Crippen LogP contribution in [0.5, 0.6) is 0 Å². The van der Waals surface area contributed by atoms with Gasteiger partial charge in [0.2, 0.25) is 0 Å². The molecule has 214 valence electrons. The van der Waals surface area contributed by atoms with E-state index >= 15 is 0 Å². The number of aromatic nitrogens is 4. The third-order valence-electron chi connectivity index (χ3n) is 7.34. The number of rotatable bonds is 4. The Morgan fingerprint density at radius 1 is 0.750 bits per heavy atom. The molecule has 0 spiro atoms. The van der Waals surface area contributed by atoms with Crippen LogP contribution in [-0.4, -0.2) is 44.1 Å². The summed E-state index contributed by atoms with van der Waals surface area (Å²) in [6, 6.07) is 6.04. The van der Waals surface area contributed by atoms with E-state index in [9.17, 15) is 0 Å². The second-order valence-electron chi connectivity index (χ2n) is 10.4. The fourth-order valence-corrected chi connectivity index (χ4v) is 6.96. The van der Waals surface area contributed by atoms with E-state index in [4.69, 9.17) is 28.8 Å². The molecule has 0 amide bonds. The molecule has 0 atom stereocenters. The van der Waals surface area contributed by atoms with Gasteiger partial charge in [0.05, 0.1) is 5.39 Å². The van der Waals surface area contributed by atoms with Crippen molar-refractivity contribution in [3.05, 3.63) is 39.7 Å². The van der Waals surface area contributed by atoms with E-state index in [2.05, 4.69) is 51.2 Å². The van der Waals surface area contributed by atoms with Gasteiger partial charge in [0.25, 0.3) is 0 Å². The van der Waals surface area contributed by atoms with Crippen molar-refractivity contribution in [2.45, 2.75) is 102 Å². The quantitative estimate of drug-likeness (QED) is 0.199. The monoisotopic (exact) mass is 628 g/mol. The maximum Gasteiger partial charge on any atom is 1.00 e. The van der Waals surface area contributed by atoms with Gasteiger partial charge in [-0.1, -0.05) is 25.4 Å². The van der Waals surface area contributed by atoms with Crippen LogP contribution in [-0.2, 0) is 12.8 Å². The Balaban J connectivity index is 0.000000230. The van der Waals surface area contributed by atoms with Gasteiger partial charge in [-0.25, -0.2) is 19.9 Å². The van der Waals surface area contributed by atoms with Gasteiger partial charge in [-0.2, -0.15) is 0 Å². The first kappa shape index (κ1) is 34.2. The fourth-order valence-electron chi connectivity index (χ4n) is 4.85. The minimum atomic E-state index is 0. The molecule has 0 aliphatic heterocycles. The molecule has 0 unspecified atom stereocenters. The first-order chi connectivity index (χ1) is 18.9. The van der Waals surface area contributed by atoms with Gasteiger partial charge >= 0.3 is 51.4 Å². The van der Waals surface area contributed by atoms with Crippen LogP contribution in [0.1, 0.15) is 76.4 Å². The predicted octanol–water partition coefficient (Wildman–Crippen LogP) is 3.17. The van der Waals surface area contributed by atoms with Crippen LogP contribution in [0.4, 0.5) is 5.82 Å². The zero-order chi connectivity index (χ0) is 27.8. The third kappa shape index (κ3) is 9.87. The number of fused-ring (bicyclic) bond motifs is 2. The molecule has 0 bridgehead atoms. The Bertz CT molecular complexity index is 1310. The SMILES string of the molecule is CCc1cc2c(Cl)ncnc2s1.CCc1cc2c(NC3CCC(N)CC3)ncnc2s1.NC1CCC(N)CC1.[H-].[K+]. The van der Waals surface area contributed by atoms with Crippen molar-refractivity contribution in [1.29, 1.82) is 0 Å². The van der Waals surface area contributed by atoms with Crippen molar-refractivity contribution in [2.75, 3.05) is 5.32 Å². The van der Waals surface area contributed by atoms with Gasteiger partial charge in [0.1, 0.15) is 33.3 Å². The minimum absolute atomic E-state index is 0. The van der Waals surface area contributed by atoms with Crippen molar-refractivity contribution in [3.8, 4) is 0 Å². The number of hydrogen-bond donors (Lipinski definition) is 4. The molecule has 6 rings (SSSR count). The number of nitrogens with zero attached hydrogens (tertiary/aromatic N) is 4. The second kappa shape index (κ2) is 17.1. The summed E-state index contributed by atoms with van der Waals surface area (Å²) < 4.78 is 0. The smallest absolute Gasteiger partial charge is 1.00 e. The number of hydrogen-bond acceptors (Lipinski definition) is 10. The summed E-state index contributed by atoms with van der Waals surface area (Å²) in [6.07, 6.45) is 14.2. The Morgan fingerprint density at radius 2 is 1.20 bits per heavy atom. The van der Waals surface area contributed by atoms with E-state index in [0.717, 1.165) is 85.1 Å². The maximum atomic E-state index is 5.95. The van der Waals surface area contributed by atoms with Crippen LogP contribution < -0.4 is 73.9 Å². The molecule has 0 aromatic carbocycles. The van der Waals surface area contributed by atoms with E-state index < -0.39 is 0 Å². The minimum Gasteiger partial charge on any atom is -1.00 e. The Hall–Kier alpha value is -0.314. The zero-order valence-electron chi connectivity index (χ0n) is 24.9. The van der Waals surface area contributed by atoms with E-state index in [0.29, 0.717) is 29.3 Å². The van der Waals surface area contributed by atoms with Gasteiger partial charge in [-0.15, -0.1) is 22.7 Å². The molecule has 4 heterocycles. The molecule has 2 aliphatic carbocycles. The number of anilines is 1. The molecule has 0 saturated heterocycles. The number of halogens is 1. The van der Waals surface area contributed by atoms with Crippen molar-refractivity contribution in [2.24, 2.45) is 17.2 Å². The third-order valence-corrected chi connectivity index (χ3v) is 10.0. The largest absolute Gasteiger partial charge is 1.00 e. The molecule has 4 aromatic heterocycles. The fraction of sp³-hybridized carbons (Fsp3) is 0.571. The summed E-state index contributed by atoms with van der Waals surface area (Å²) in [4.78, 5) is 21.6. The molecule has 12 heteroatoms. The van der Waals surface area contributed by atoms with E-state index in [1.807, 2.05) is 0 Å². The molecule has 2 saturated carbocycles. The Kier molecular flexibility index (Phi) is 14.6. The predicted molar refractivity (Wildman–Crippen MR) is 168 cm³/mol. The number of thiophene rings is 2. The van der Waals surface area contributed by atoms with Crippen LogP contribution in [0.25, 0.3) is 20.4 Å². The molecule has 2 aliphatic rings. The number of nitrogens with two attached hydrogens (primary N) is 3. The first-order valence-corrected chi connectivity index (χ1v) is 16.0. The Morgan fingerprint density at radius 3 is 1.70 bits per heavy atom. The van der Waals surface area contributed by atoms with E-state index in [1.165, 1.54) is 21.5 Å². The average Bonchev–Trinajstić information content (AvgIpc) is 3.58. The van der Waals surface area contributed by atoms with Crippen molar-refractivity contribution >= 4 is 60.5 Å².